The Balaban J connectivity index is 2.49. The van der Waals surface area contributed by atoms with Gasteiger partial charge in [0.25, 0.3) is 0 Å². The van der Waals surface area contributed by atoms with E-state index < -0.39 is 0 Å². The average Bonchev–Trinajstić information content (AvgIpc) is 2.54. The quantitative estimate of drug-likeness (QED) is 0.686. The number of hydrogen-bond acceptors (Lipinski definition) is 2. The summed E-state index contributed by atoms with van der Waals surface area (Å²) >= 11 is 1.86. The van der Waals surface area contributed by atoms with Gasteiger partial charge in [-0.3, -0.25) is 0 Å². The summed E-state index contributed by atoms with van der Waals surface area (Å²) in [6.45, 7) is 7.49. The van der Waals surface area contributed by atoms with Gasteiger partial charge < -0.3 is 4.90 Å². The molecule has 0 aromatic heterocycles. The summed E-state index contributed by atoms with van der Waals surface area (Å²) in [6, 6.07) is 6.66. The van der Waals surface area contributed by atoms with Crippen LogP contribution in [0.4, 0.5) is 5.69 Å². The lowest BCUT2D eigenvalue weighted by Gasteiger charge is -2.17. The van der Waals surface area contributed by atoms with E-state index in [1.807, 2.05) is 11.8 Å². The normalized spacial score (nSPS) is 17.6. The fourth-order valence-corrected chi connectivity index (χ4v) is 2.84. The first-order chi connectivity index (χ1) is 6.76. The molecule has 0 aliphatic carbocycles. The van der Waals surface area contributed by atoms with E-state index in [-0.39, 0.29) is 0 Å². The summed E-state index contributed by atoms with van der Waals surface area (Å²) in [4.78, 5) is 3.75. The molecule has 1 aliphatic rings. The Kier molecular flexibility index (Phi) is 2.55. The van der Waals surface area contributed by atoms with Crippen molar-refractivity contribution in [2.75, 3.05) is 11.4 Å². The number of allylic oxidation sites excluding steroid dienone is 1. The summed E-state index contributed by atoms with van der Waals surface area (Å²) in [5.41, 5.74) is 2.70. The number of rotatable bonds is 1. The maximum Gasteiger partial charge on any atom is 0.0757 e. The third-order valence-corrected chi connectivity index (χ3v) is 3.68. The van der Waals surface area contributed by atoms with Crippen molar-refractivity contribution in [3.05, 3.63) is 34.9 Å². The molecular weight excluding hydrogens is 190 g/mol. The monoisotopic (exact) mass is 205 g/mol. The van der Waals surface area contributed by atoms with Gasteiger partial charge >= 0.3 is 0 Å². The minimum absolute atomic E-state index is 1.04. The topological polar surface area (TPSA) is 3.24 Å². The lowest BCUT2D eigenvalue weighted by Crippen LogP contribution is -2.16. The van der Waals surface area contributed by atoms with Crippen molar-refractivity contribution >= 4 is 17.4 Å². The molecule has 0 saturated carbocycles. The number of thioether (sulfide) groups is 1. The number of benzene rings is 1. The van der Waals surface area contributed by atoms with Gasteiger partial charge in [-0.05, 0) is 38.5 Å². The van der Waals surface area contributed by atoms with Crippen LogP contribution < -0.4 is 4.90 Å². The zero-order valence-electron chi connectivity index (χ0n) is 8.87. The predicted molar refractivity (Wildman–Crippen MR) is 63.8 cm³/mol. The van der Waals surface area contributed by atoms with Crippen molar-refractivity contribution in [3.8, 4) is 0 Å². The third-order valence-electron chi connectivity index (χ3n) is 2.45. The maximum atomic E-state index is 2.37. The molecule has 2 heteroatoms. The smallest absolute Gasteiger partial charge is 0.0757 e. The SMILES string of the molecule is C/C=C1\Sc2ccc(C)cc2N1CC. The van der Waals surface area contributed by atoms with Crippen LogP contribution in [-0.4, -0.2) is 6.54 Å². The van der Waals surface area contributed by atoms with Crippen LogP contribution in [0.25, 0.3) is 0 Å². The first kappa shape index (κ1) is 9.66. The van der Waals surface area contributed by atoms with Crippen molar-refractivity contribution in [2.45, 2.75) is 25.7 Å². The zero-order chi connectivity index (χ0) is 10.1. The van der Waals surface area contributed by atoms with Crippen LogP contribution in [-0.2, 0) is 0 Å². The van der Waals surface area contributed by atoms with Gasteiger partial charge in [0.05, 0.1) is 10.7 Å². The van der Waals surface area contributed by atoms with Gasteiger partial charge in [0.2, 0.25) is 0 Å². The Morgan fingerprint density at radius 3 is 2.86 bits per heavy atom. The van der Waals surface area contributed by atoms with E-state index in [9.17, 15) is 0 Å². The van der Waals surface area contributed by atoms with Crippen LogP contribution in [0.3, 0.4) is 0 Å². The highest BCUT2D eigenvalue weighted by Gasteiger charge is 2.22. The standard InChI is InChI=1S/C12H15NS/c1-4-12-13(5-2)10-8-9(3)6-7-11(10)14-12/h4,6-8H,5H2,1-3H3/b12-4-. The summed E-state index contributed by atoms with van der Waals surface area (Å²) in [5.74, 6) is 0. The molecule has 0 unspecified atom stereocenters. The van der Waals surface area contributed by atoms with Crippen LogP contribution in [0.15, 0.2) is 34.2 Å². The number of nitrogens with zero attached hydrogens (tertiary/aromatic N) is 1. The molecule has 2 rings (SSSR count). The van der Waals surface area contributed by atoms with Crippen LogP contribution in [0.5, 0.6) is 0 Å². The Morgan fingerprint density at radius 2 is 2.21 bits per heavy atom. The molecule has 0 radical (unpaired) electrons. The molecule has 0 amide bonds. The van der Waals surface area contributed by atoms with Crippen LogP contribution in [0.1, 0.15) is 19.4 Å². The van der Waals surface area contributed by atoms with Crippen molar-refractivity contribution in [1.82, 2.24) is 0 Å². The van der Waals surface area contributed by atoms with Crippen molar-refractivity contribution in [2.24, 2.45) is 0 Å². The van der Waals surface area contributed by atoms with Crippen molar-refractivity contribution < 1.29 is 0 Å². The van der Waals surface area contributed by atoms with E-state index >= 15 is 0 Å². The van der Waals surface area contributed by atoms with Crippen LogP contribution in [0, 0.1) is 6.92 Å². The number of hydrogen-bond donors (Lipinski definition) is 0. The molecule has 0 saturated heterocycles. The fraction of sp³-hybridized carbons (Fsp3) is 0.333. The van der Waals surface area contributed by atoms with E-state index in [4.69, 9.17) is 0 Å². The molecule has 1 nitrogen and oxygen atoms in total. The lowest BCUT2D eigenvalue weighted by molar-refractivity contribution is 0.998. The summed E-state index contributed by atoms with van der Waals surface area (Å²) < 4.78 is 0. The summed E-state index contributed by atoms with van der Waals surface area (Å²) in [5, 5.41) is 1.35. The highest BCUT2D eigenvalue weighted by molar-refractivity contribution is 8.03. The Bertz CT molecular complexity index is 382. The second-order valence-electron chi connectivity index (χ2n) is 3.44. The summed E-state index contributed by atoms with van der Waals surface area (Å²) in [6.07, 6.45) is 2.18. The van der Waals surface area contributed by atoms with Crippen LogP contribution in [0.2, 0.25) is 0 Å². The molecule has 14 heavy (non-hydrogen) atoms. The molecule has 0 fully saturated rings. The molecule has 0 N–H and O–H groups in total. The highest BCUT2D eigenvalue weighted by atomic mass is 32.2. The molecular formula is C12H15NS. The highest BCUT2D eigenvalue weighted by Crippen LogP contribution is 2.45. The molecule has 74 valence electrons. The van der Waals surface area contributed by atoms with E-state index in [0.29, 0.717) is 0 Å². The van der Waals surface area contributed by atoms with Gasteiger partial charge in [0, 0.05) is 11.4 Å². The third kappa shape index (κ3) is 1.44. The lowest BCUT2D eigenvalue weighted by atomic mass is 10.2. The van der Waals surface area contributed by atoms with Crippen molar-refractivity contribution in [3.63, 3.8) is 0 Å². The van der Waals surface area contributed by atoms with Gasteiger partial charge in [0.1, 0.15) is 0 Å². The van der Waals surface area contributed by atoms with E-state index in [1.54, 1.807) is 0 Å². The van der Waals surface area contributed by atoms with Crippen LogP contribution >= 0.6 is 11.8 Å². The average molecular weight is 205 g/mol. The summed E-state index contributed by atoms with van der Waals surface area (Å²) in [7, 11) is 0. The maximum absolute atomic E-state index is 2.37. The molecule has 1 aliphatic heterocycles. The second-order valence-corrected chi connectivity index (χ2v) is 4.51. The Labute approximate surface area is 89.8 Å². The first-order valence-corrected chi connectivity index (χ1v) is 5.80. The Hall–Kier alpha value is -0.890. The molecule has 0 spiro atoms. The Morgan fingerprint density at radius 1 is 1.43 bits per heavy atom. The number of fused-ring (bicyclic) bond motifs is 1. The molecule has 1 heterocycles. The molecule has 0 atom stereocenters. The molecule has 0 bridgehead atoms. The fourth-order valence-electron chi connectivity index (χ4n) is 1.75. The molecule has 1 aromatic carbocycles. The van der Waals surface area contributed by atoms with Gasteiger partial charge in [-0.25, -0.2) is 0 Å². The van der Waals surface area contributed by atoms with E-state index in [1.165, 1.54) is 21.2 Å². The second kappa shape index (κ2) is 3.70. The van der Waals surface area contributed by atoms with Gasteiger partial charge in [0.15, 0.2) is 0 Å². The number of aryl methyl sites for hydroxylation is 1. The van der Waals surface area contributed by atoms with Crippen molar-refractivity contribution in [1.29, 1.82) is 0 Å². The minimum Gasteiger partial charge on any atom is -0.336 e. The largest absolute Gasteiger partial charge is 0.336 e. The first-order valence-electron chi connectivity index (χ1n) is 4.98. The van der Waals surface area contributed by atoms with Gasteiger partial charge in [-0.15, -0.1) is 0 Å². The number of anilines is 1. The van der Waals surface area contributed by atoms with E-state index in [2.05, 4.69) is 49.9 Å². The minimum atomic E-state index is 1.04. The van der Waals surface area contributed by atoms with E-state index in [0.717, 1.165) is 6.54 Å². The zero-order valence-corrected chi connectivity index (χ0v) is 9.69. The molecule has 1 aromatic rings. The van der Waals surface area contributed by atoms with Gasteiger partial charge in [-0.1, -0.05) is 23.9 Å². The van der Waals surface area contributed by atoms with Gasteiger partial charge in [-0.2, -0.15) is 0 Å². The predicted octanol–water partition coefficient (Wildman–Crippen LogP) is 3.79.